The Morgan fingerprint density at radius 3 is 2.11 bits per heavy atom. The first-order valence-corrected chi connectivity index (χ1v) is 8.95. The van der Waals surface area contributed by atoms with E-state index < -0.39 is 0 Å². The van der Waals surface area contributed by atoms with Gasteiger partial charge in [0.25, 0.3) is 0 Å². The second-order valence-corrected chi connectivity index (χ2v) is 6.48. The Bertz CT molecular complexity index is 1250. The van der Waals surface area contributed by atoms with Crippen molar-refractivity contribution in [3.8, 4) is 5.69 Å². The molecule has 27 heavy (non-hydrogen) atoms. The summed E-state index contributed by atoms with van der Waals surface area (Å²) >= 11 is 0. The molecular weight excluding hydrogens is 330 g/mol. The van der Waals surface area contributed by atoms with E-state index in [0.29, 0.717) is 0 Å². The van der Waals surface area contributed by atoms with Gasteiger partial charge in [-0.05, 0) is 34.7 Å². The van der Waals surface area contributed by atoms with Gasteiger partial charge < -0.3 is 0 Å². The number of benzene rings is 4. The van der Waals surface area contributed by atoms with E-state index in [2.05, 4.69) is 59.7 Å². The molecule has 3 nitrogen and oxygen atoms in total. The van der Waals surface area contributed by atoms with Crippen LogP contribution in [0.4, 0.5) is 0 Å². The third-order valence-electron chi connectivity index (χ3n) is 4.67. The van der Waals surface area contributed by atoms with Crippen LogP contribution in [-0.4, -0.2) is 15.0 Å². The fourth-order valence-corrected chi connectivity index (χ4v) is 3.24. The van der Waals surface area contributed by atoms with Gasteiger partial charge in [-0.3, -0.25) is 0 Å². The van der Waals surface area contributed by atoms with Crippen LogP contribution in [0.25, 0.3) is 39.6 Å². The number of hydrogen-bond donors (Lipinski definition) is 0. The number of rotatable bonds is 3. The van der Waals surface area contributed by atoms with Gasteiger partial charge in [0.2, 0.25) is 0 Å². The smallest absolute Gasteiger partial charge is 0.121 e. The molecule has 0 radical (unpaired) electrons. The molecule has 0 aliphatic carbocycles. The van der Waals surface area contributed by atoms with Gasteiger partial charge in [0.15, 0.2) is 0 Å². The third-order valence-corrected chi connectivity index (χ3v) is 4.67. The van der Waals surface area contributed by atoms with Gasteiger partial charge in [-0.1, -0.05) is 84.9 Å². The SMILES string of the molecule is C(=C\c1ccc(-n2nc3ccc4ccccc4c3n2)cc1)/c1ccccc1. The van der Waals surface area contributed by atoms with Crippen LogP contribution in [0.3, 0.4) is 0 Å². The van der Waals surface area contributed by atoms with Crippen LogP contribution in [0.1, 0.15) is 11.1 Å². The molecule has 0 atom stereocenters. The van der Waals surface area contributed by atoms with Gasteiger partial charge >= 0.3 is 0 Å². The van der Waals surface area contributed by atoms with Gasteiger partial charge in [0.05, 0.1) is 5.69 Å². The van der Waals surface area contributed by atoms with Crippen molar-refractivity contribution in [3.05, 3.63) is 102 Å². The van der Waals surface area contributed by atoms with Gasteiger partial charge in [-0.25, -0.2) is 0 Å². The average molecular weight is 347 g/mol. The molecule has 1 aromatic heterocycles. The monoisotopic (exact) mass is 347 g/mol. The lowest BCUT2D eigenvalue weighted by Crippen LogP contribution is -1.97. The maximum absolute atomic E-state index is 4.72. The molecule has 0 N–H and O–H groups in total. The maximum Gasteiger partial charge on any atom is 0.121 e. The molecule has 0 amide bonds. The van der Waals surface area contributed by atoms with E-state index in [1.807, 2.05) is 48.5 Å². The van der Waals surface area contributed by atoms with Crippen molar-refractivity contribution in [2.45, 2.75) is 0 Å². The molecule has 0 saturated heterocycles. The molecule has 128 valence electrons. The van der Waals surface area contributed by atoms with E-state index in [9.17, 15) is 0 Å². The van der Waals surface area contributed by atoms with Crippen LogP contribution in [0.2, 0.25) is 0 Å². The van der Waals surface area contributed by atoms with Crippen molar-refractivity contribution in [1.29, 1.82) is 0 Å². The van der Waals surface area contributed by atoms with Crippen LogP contribution in [0, 0.1) is 0 Å². The van der Waals surface area contributed by atoms with Crippen molar-refractivity contribution < 1.29 is 0 Å². The summed E-state index contributed by atoms with van der Waals surface area (Å²) in [6.45, 7) is 0. The van der Waals surface area contributed by atoms with Crippen molar-refractivity contribution in [2.24, 2.45) is 0 Å². The molecular formula is C24H17N3. The van der Waals surface area contributed by atoms with E-state index in [1.54, 1.807) is 4.80 Å². The quantitative estimate of drug-likeness (QED) is 0.389. The highest BCUT2D eigenvalue weighted by Crippen LogP contribution is 2.23. The summed E-state index contributed by atoms with van der Waals surface area (Å²) in [7, 11) is 0. The summed E-state index contributed by atoms with van der Waals surface area (Å²) in [6.07, 6.45) is 4.22. The number of aromatic nitrogens is 3. The largest absolute Gasteiger partial charge is 0.150 e. The molecule has 0 unspecified atom stereocenters. The van der Waals surface area contributed by atoms with Crippen LogP contribution in [0.15, 0.2) is 91.0 Å². The summed E-state index contributed by atoms with van der Waals surface area (Å²) in [5.74, 6) is 0. The number of nitrogens with zero attached hydrogens (tertiary/aromatic N) is 3. The van der Waals surface area contributed by atoms with Gasteiger partial charge in [0.1, 0.15) is 11.0 Å². The molecule has 0 fully saturated rings. The highest BCUT2D eigenvalue weighted by atomic mass is 15.5. The molecule has 4 aromatic carbocycles. The first kappa shape index (κ1) is 15.5. The lowest BCUT2D eigenvalue weighted by molar-refractivity contribution is 0.766. The molecule has 0 bridgehead atoms. The highest BCUT2D eigenvalue weighted by molar-refractivity contribution is 6.03. The summed E-state index contributed by atoms with van der Waals surface area (Å²) in [4.78, 5) is 1.71. The lowest BCUT2D eigenvalue weighted by atomic mass is 10.1. The number of hydrogen-bond acceptors (Lipinski definition) is 2. The minimum absolute atomic E-state index is 0.904. The van der Waals surface area contributed by atoms with Crippen LogP contribution in [0.5, 0.6) is 0 Å². The van der Waals surface area contributed by atoms with Crippen molar-refractivity contribution in [2.75, 3.05) is 0 Å². The zero-order chi connectivity index (χ0) is 18.1. The molecule has 3 heteroatoms. The summed E-state index contributed by atoms with van der Waals surface area (Å²) in [6, 6.07) is 30.9. The molecule has 1 heterocycles. The Morgan fingerprint density at radius 2 is 1.30 bits per heavy atom. The first-order chi connectivity index (χ1) is 13.4. The summed E-state index contributed by atoms with van der Waals surface area (Å²) in [5, 5.41) is 11.7. The first-order valence-electron chi connectivity index (χ1n) is 8.95. The highest BCUT2D eigenvalue weighted by Gasteiger charge is 2.07. The molecule has 0 aliphatic rings. The fourth-order valence-electron chi connectivity index (χ4n) is 3.24. The average Bonchev–Trinajstić information content (AvgIpc) is 3.18. The minimum Gasteiger partial charge on any atom is -0.150 e. The standard InChI is InChI=1S/C24H17N3/c1-2-6-18(7-3-1)10-11-19-12-15-21(16-13-19)27-25-23-17-14-20-8-4-5-9-22(20)24(23)26-27/h1-17H/b11-10+. The van der Waals surface area contributed by atoms with Crippen LogP contribution >= 0.6 is 0 Å². The van der Waals surface area contributed by atoms with Gasteiger partial charge in [-0.15, -0.1) is 10.2 Å². The zero-order valence-corrected chi connectivity index (χ0v) is 14.7. The third kappa shape index (κ3) is 3.00. The second kappa shape index (κ2) is 6.54. The van der Waals surface area contributed by atoms with Gasteiger partial charge in [-0.2, -0.15) is 4.80 Å². The Balaban J connectivity index is 1.48. The van der Waals surface area contributed by atoms with E-state index in [1.165, 1.54) is 10.9 Å². The van der Waals surface area contributed by atoms with Crippen LogP contribution < -0.4 is 0 Å². The van der Waals surface area contributed by atoms with E-state index >= 15 is 0 Å². The van der Waals surface area contributed by atoms with Crippen molar-refractivity contribution in [1.82, 2.24) is 15.0 Å². The normalized spacial score (nSPS) is 11.6. The predicted octanol–water partition coefficient (Wildman–Crippen LogP) is 5.74. The Kier molecular flexibility index (Phi) is 3.76. The summed E-state index contributed by atoms with van der Waals surface area (Å²) in [5.41, 5.74) is 5.12. The molecule has 0 aliphatic heterocycles. The molecule has 0 spiro atoms. The van der Waals surface area contributed by atoms with E-state index in [4.69, 9.17) is 5.10 Å². The number of fused-ring (bicyclic) bond motifs is 3. The minimum atomic E-state index is 0.904. The predicted molar refractivity (Wildman–Crippen MR) is 112 cm³/mol. The van der Waals surface area contributed by atoms with Crippen molar-refractivity contribution in [3.63, 3.8) is 0 Å². The van der Waals surface area contributed by atoms with E-state index in [0.717, 1.165) is 27.7 Å². The fraction of sp³-hybridized carbons (Fsp3) is 0. The Morgan fingerprint density at radius 1 is 0.593 bits per heavy atom. The maximum atomic E-state index is 4.72. The summed E-state index contributed by atoms with van der Waals surface area (Å²) < 4.78 is 0. The van der Waals surface area contributed by atoms with Crippen LogP contribution in [-0.2, 0) is 0 Å². The zero-order valence-electron chi connectivity index (χ0n) is 14.7. The second-order valence-electron chi connectivity index (χ2n) is 6.48. The molecule has 5 rings (SSSR count). The van der Waals surface area contributed by atoms with E-state index in [-0.39, 0.29) is 0 Å². The molecule has 5 aromatic rings. The Hall–Kier alpha value is -3.72. The lowest BCUT2D eigenvalue weighted by Gasteiger charge is -2.00. The topological polar surface area (TPSA) is 30.7 Å². The van der Waals surface area contributed by atoms with Crippen molar-refractivity contribution >= 4 is 34.0 Å². The Labute approximate surface area is 157 Å². The molecule has 0 saturated carbocycles. The van der Waals surface area contributed by atoms with Gasteiger partial charge in [0, 0.05) is 5.39 Å².